The van der Waals surface area contributed by atoms with Crippen molar-refractivity contribution in [2.24, 2.45) is 5.10 Å². The summed E-state index contributed by atoms with van der Waals surface area (Å²) in [5, 5.41) is 7.59. The van der Waals surface area contributed by atoms with Crippen molar-refractivity contribution < 1.29 is 23.5 Å². The maximum Gasteiger partial charge on any atom is 0.339 e. The number of nitrogens with one attached hydrogen (secondary N) is 2. The van der Waals surface area contributed by atoms with Crippen LogP contribution in [0.1, 0.15) is 61.0 Å². The van der Waals surface area contributed by atoms with E-state index < -0.39 is 11.9 Å². The van der Waals surface area contributed by atoms with Crippen molar-refractivity contribution in [3.05, 3.63) is 87.3 Å². The number of carbonyl (C=O) groups is 3. The number of nitrogens with zero attached hydrogens (tertiary/aromatic N) is 1. The molecule has 1 heterocycles. The molecule has 174 valence electrons. The van der Waals surface area contributed by atoms with E-state index in [1.807, 2.05) is 0 Å². The van der Waals surface area contributed by atoms with Crippen LogP contribution in [0.25, 0.3) is 0 Å². The van der Waals surface area contributed by atoms with Crippen LogP contribution >= 0.6 is 11.6 Å². The molecule has 0 fully saturated rings. The summed E-state index contributed by atoms with van der Waals surface area (Å²) in [7, 11) is 1.28. The van der Waals surface area contributed by atoms with Crippen molar-refractivity contribution in [2.75, 3.05) is 12.4 Å². The number of ether oxygens (including phenoxy) is 1. The first-order chi connectivity index (χ1) is 16.4. The molecule has 2 amide bonds. The third kappa shape index (κ3) is 4.72. The van der Waals surface area contributed by atoms with Crippen molar-refractivity contribution in [3.63, 3.8) is 0 Å². The van der Waals surface area contributed by atoms with Crippen LogP contribution in [0.5, 0.6) is 0 Å². The summed E-state index contributed by atoms with van der Waals surface area (Å²) >= 11 is 5.87. The van der Waals surface area contributed by atoms with E-state index in [-0.39, 0.29) is 17.2 Å². The molecule has 2 N–H and O–H groups in total. The average molecular weight is 480 g/mol. The zero-order chi connectivity index (χ0) is 24.2. The monoisotopic (exact) mass is 479 g/mol. The maximum absolute atomic E-state index is 13.0. The lowest BCUT2D eigenvalue weighted by atomic mass is 9.93. The fraction of sp³-hybridized carbons (Fsp3) is 0.200. The highest BCUT2D eigenvalue weighted by Crippen LogP contribution is 2.30. The molecule has 2 aromatic carbocycles. The van der Waals surface area contributed by atoms with Gasteiger partial charge >= 0.3 is 5.97 Å². The molecule has 3 aromatic rings. The first-order valence-corrected chi connectivity index (χ1v) is 11.0. The number of methoxy groups -OCH3 is 1. The summed E-state index contributed by atoms with van der Waals surface area (Å²) in [5.41, 5.74) is 5.52. The van der Waals surface area contributed by atoms with E-state index in [0.29, 0.717) is 51.7 Å². The molecule has 9 heteroatoms. The van der Waals surface area contributed by atoms with Gasteiger partial charge in [-0.1, -0.05) is 23.7 Å². The molecular formula is C25H22ClN3O5. The summed E-state index contributed by atoms with van der Waals surface area (Å²) < 4.78 is 10.7. The van der Waals surface area contributed by atoms with Gasteiger partial charge in [0.15, 0.2) is 5.76 Å². The van der Waals surface area contributed by atoms with Gasteiger partial charge < -0.3 is 14.5 Å². The van der Waals surface area contributed by atoms with Crippen LogP contribution in [-0.2, 0) is 11.2 Å². The average Bonchev–Trinajstić information content (AvgIpc) is 3.20. The van der Waals surface area contributed by atoms with Crippen molar-refractivity contribution in [3.8, 4) is 0 Å². The molecule has 0 aliphatic heterocycles. The molecule has 0 unspecified atom stereocenters. The third-order valence-corrected chi connectivity index (χ3v) is 5.76. The highest BCUT2D eigenvalue weighted by Gasteiger charge is 2.28. The smallest absolute Gasteiger partial charge is 0.339 e. The Bertz CT molecular complexity index is 1290. The number of anilines is 1. The molecule has 34 heavy (non-hydrogen) atoms. The van der Waals surface area contributed by atoms with Gasteiger partial charge in [0.25, 0.3) is 11.8 Å². The van der Waals surface area contributed by atoms with Gasteiger partial charge in [-0.2, -0.15) is 5.10 Å². The van der Waals surface area contributed by atoms with E-state index in [4.69, 9.17) is 20.8 Å². The zero-order valence-corrected chi connectivity index (χ0v) is 19.4. The largest absolute Gasteiger partial charge is 0.465 e. The SMILES string of the molecule is COC(=O)c1ccccc1NC(=O)c1oc2c(c1C)/C(=N/NC(=O)c1ccc(Cl)cc1)CCC2. The summed E-state index contributed by atoms with van der Waals surface area (Å²) in [4.78, 5) is 37.5. The topological polar surface area (TPSA) is 110 Å². The van der Waals surface area contributed by atoms with Crippen LogP contribution in [0.4, 0.5) is 5.69 Å². The number of hydrogen-bond donors (Lipinski definition) is 2. The second-order valence-electron chi connectivity index (χ2n) is 7.71. The fourth-order valence-electron chi connectivity index (χ4n) is 3.84. The van der Waals surface area contributed by atoms with Crippen LogP contribution in [-0.4, -0.2) is 30.6 Å². The van der Waals surface area contributed by atoms with Crippen molar-refractivity contribution >= 4 is 40.8 Å². The van der Waals surface area contributed by atoms with Crippen LogP contribution in [0.3, 0.4) is 0 Å². The number of rotatable bonds is 5. The highest BCUT2D eigenvalue weighted by atomic mass is 35.5. The molecule has 0 radical (unpaired) electrons. The molecule has 0 bridgehead atoms. The number of esters is 1. The zero-order valence-electron chi connectivity index (χ0n) is 18.6. The van der Waals surface area contributed by atoms with E-state index in [1.165, 1.54) is 7.11 Å². The van der Waals surface area contributed by atoms with Crippen molar-refractivity contribution in [1.29, 1.82) is 0 Å². The normalized spacial score (nSPS) is 13.8. The van der Waals surface area contributed by atoms with Gasteiger partial charge in [0.1, 0.15) is 5.76 Å². The first kappa shape index (κ1) is 23.3. The van der Waals surface area contributed by atoms with Gasteiger partial charge in [-0.3, -0.25) is 9.59 Å². The Morgan fingerprint density at radius 2 is 1.76 bits per heavy atom. The van der Waals surface area contributed by atoms with E-state index in [2.05, 4.69) is 15.8 Å². The minimum atomic E-state index is -0.558. The molecule has 8 nitrogen and oxygen atoms in total. The summed E-state index contributed by atoms with van der Waals surface area (Å²) in [6.07, 6.45) is 2.04. The van der Waals surface area contributed by atoms with Gasteiger partial charge in [-0.25, -0.2) is 10.2 Å². The van der Waals surface area contributed by atoms with E-state index >= 15 is 0 Å². The van der Waals surface area contributed by atoms with E-state index in [9.17, 15) is 14.4 Å². The van der Waals surface area contributed by atoms with Gasteiger partial charge in [-0.05, 0) is 56.2 Å². The Hall–Kier alpha value is -3.91. The summed E-state index contributed by atoms with van der Waals surface area (Å²) in [5.74, 6) is -0.655. The molecule has 0 atom stereocenters. The van der Waals surface area contributed by atoms with Gasteiger partial charge in [0.2, 0.25) is 0 Å². The van der Waals surface area contributed by atoms with Crippen LogP contribution < -0.4 is 10.7 Å². The Kier molecular flexibility index (Phi) is 6.79. The molecule has 0 saturated carbocycles. The minimum Gasteiger partial charge on any atom is -0.465 e. The van der Waals surface area contributed by atoms with E-state index in [1.54, 1.807) is 55.5 Å². The summed E-state index contributed by atoms with van der Waals surface area (Å²) in [6, 6.07) is 13.1. The van der Waals surface area contributed by atoms with Gasteiger partial charge in [0, 0.05) is 28.1 Å². The Morgan fingerprint density at radius 3 is 2.50 bits per heavy atom. The van der Waals surface area contributed by atoms with Crippen LogP contribution in [0, 0.1) is 6.92 Å². The van der Waals surface area contributed by atoms with Crippen molar-refractivity contribution in [2.45, 2.75) is 26.2 Å². The Morgan fingerprint density at radius 1 is 1.03 bits per heavy atom. The summed E-state index contributed by atoms with van der Waals surface area (Å²) in [6.45, 7) is 1.77. The minimum absolute atomic E-state index is 0.128. The number of para-hydroxylation sites is 1. The number of furan rings is 1. The van der Waals surface area contributed by atoms with Crippen LogP contribution in [0.2, 0.25) is 5.02 Å². The number of aryl methyl sites for hydroxylation is 1. The number of amides is 2. The standard InChI is InChI=1S/C25H22ClN3O5/c1-14-21-19(28-29-23(30)15-10-12-16(26)13-11-15)8-5-9-20(21)34-22(14)24(31)27-18-7-4-3-6-17(18)25(32)33-2/h3-4,6-7,10-13H,5,8-9H2,1-2H3,(H,27,31)(H,29,30)/b28-19+. The second kappa shape index (κ2) is 9.93. The fourth-order valence-corrected chi connectivity index (χ4v) is 3.97. The lowest BCUT2D eigenvalue weighted by Crippen LogP contribution is -2.22. The highest BCUT2D eigenvalue weighted by molar-refractivity contribution is 6.30. The molecule has 1 aliphatic carbocycles. The Balaban J connectivity index is 1.58. The number of benzene rings is 2. The number of hydrogen-bond acceptors (Lipinski definition) is 6. The molecule has 1 aromatic heterocycles. The number of halogens is 1. The van der Waals surface area contributed by atoms with Crippen LogP contribution in [0.15, 0.2) is 58.0 Å². The number of fused-ring (bicyclic) bond motifs is 1. The van der Waals surface area contributed by atoms with Gasteiger partial charge in [-0.15, -0.1) is 0 Å². The van der Waals surface area contributed by atoms with E-state index in [0.717, 1.165) is 6.42 Å². The third-order valence-electron chi connectivity index (χ3n) is 5.51. The van der Waals surface area contributed by atoms with Crippen molar-refractivity contribution in [1.82, 2.24) is 5.43 Å². The second-order valence-corrected chi connectivity index (χ2v) is 8.14. The predicted octanol–water partition coefficient (Wildman–Crippen LogP) is 4.75. The molecule has 4 rings (SSSR count). The number of hydrazone groups is 1. The lowest BCUT2D eigenvalue weighted by molar-refractivity contribution is 0.0601. The predicted molar refractivity (Wildman–Crippen MR) is 128 cm³/mol. The van der Waals surface area contributed by atoms with Gasteiger partial charge in [0.05, 0.1) is 24.1 Å². The molecule has 1 aliphatic rings. The first-order valence-electron chi connectivity index (χ1n) is 10.6. The Labute approximate surface area is 200 Å². The maximum atomic E-state index is 13.0. The molecule has 0 spiro atoms. The quantitative estimate of drug-likeness (QED) is 0.405. The molecule has 0 saturated heterocycles. The lowest BCUT2D eigenvalue weighted by Gasteiger charge is -2.13. The number of carbonyl (C=O) groups excluding carboxylic acids is 3. The molecular weight excluding hydrogens is 458 g/mol.